The van der Waals surface area contributed by atoms with Gasteiger partial charge < -0.3 is 0 Å². The van der Waals surface area contributed by atoms with Crippen LogP contribution < -0.4 is 11.1 Å². The van der Waals surface area contributed by atoms with E-state index in [0.29, 0.717) is 11.9 Å². The normalized spacial score (nSPS) is 26.6. The fourth-order valence-corrected chi connectivity index (χ4v) is 5.18. The molecule has 0 radical (unpaired) electrons. The second kappa shape index (κ2) is 6.38. The number of alkyl halides is 1. The molecule has 2 amide bonds. The Morgan fingerprint density at radius 3 is 2.03 bits per heavy atom. The molecule has 1 unspecified atom stereocenters. The lowest BCUT2D eigenvalue weighted by atomic mass is 9.89. The third-order valence-corrected chi connectivity index (χ3v) is 7.72. The van der Waals surface area contributed by atoms with Gasteiger partial charge >= 0.3 is 0 Å². The molecular weight excluding hydrogens is 450 g/mol. The summed E-state index contributed by atoms with van der Waals surface area (Å²) < 4.78 is 1.95. The molecule has 1 saturated heterocycles. The Balaban J connectivity index is 1.90. The number of hydrogen-bond donors (Lipinski definition) is 0. The number of likely N-dealkylation sites (tertiary alicyclic amines) is 1. The topological polar surface area (TPSA) is 81.4 Å². The average Bonchev–Trinajstić information content (AvgIpc) is 3.04. The highest BCUT2D eigenvalue weighted by Gasteiger charge is 2.51. The molecule has 2 aliphatic heterocycles. The van der Waals surface area contributed by atoms with E-state index < -0.39 is 10.5 Å². The van der Waals surface area contributed by atoms with Gasteiger partial charge in [-0.25, -0.2) is 9.36 Å². The standard InChI is InChI=1S/C22H20BrN3O4/c1-12-11-24-19(29)15-9-13-5-3-4-6-14(13)10-16(15)20(30)26(24)21(22(12,2)23)25-17(27)7-8-18(25)28/h3-6,9-10,12,21H,7-8,11H2,1-2H3/t12?,21-,22-/m0/s1. The van der Waals surface area contributed by atoms with Gasteiger partial charge in [-0.2, -0.15) is 0 Å². The van der Waals surface area contributed by atoms with Crippen LogP contribution in [0.1, 0.15) is 32.9 Å². The van der Waals surface area contributed by atoms with Crippen LogP contribution >= 0.6 is 15.9 Å². The molecule has 3 aromatic rings. The predicted octanol–water partition coefficient (Wildman–Crippen LogP) is 2.77. The summed E-state index contributed by atoms with van der Waals surface area (Å²) in [5.74, 6) is -0.762. The average molecular weight is 470 g/mol. The molecule has 3 atom stereocenters. The van der Waals surface area contributed by atoms with Crippen molar-refractivity contribution in [3.05, 3.63) is 57.1 Å². The first-order valence-corrected chi connectivity index (χ1v) is 10.7. The van der Waals surface area contributed by atoms with Crippen LogP contribution in [0.25, 0.3) is 21.5 Å². The number of halogens is 1. The summed E-state index contributed by atoms with van der Waals surface area (Å²) in [4.78, 5) is 53.5. The van der Waals surface area contributed by atoms with E-state index in [-0.39, 0.29) is 47.1 Å². The number of benzene rings is 2. The Morgan fingerprint density at radius 1 is 0.933 bits per heavy atom. The van der Waals surface area contributed by atoms with Crippen molar-refractivity contribution in [2.75, 3.05) is 0 Å². The number of amides is 2. The van der Waals surface area contributed by atoms with Gasteiger partial charge in [-0.05, 0) is 35.7 Å². The van der Waals surface area contributed by atoms with Crippen molar-refractivity contribution in [1.82, 2.24) is 14.3 Å². The van der Waals surface area contributed by atoms with Crippen LogP contribution in [0.15, 0.2) is 46.0 Å². The summed E-state index contributed by atoms with van der Waals surface area (Å²) >= 11 is 3.70. The molecule has 2 aromatic carbocycles. The lowest BCUT2D eigenvalue weighted by molar-refractivity contribution is -0.147. The lowest BCUT2D eigenvalue weighted by Crippen LogP contribution is -2.60. The third-order valence-electron chi connectivity index (χ3n) is 6.53. The molecule has 0 saturated carbocycles. The van der Waals surface area contributed by atoms with Crippen LogP contribution in [0.5, 0.6) is 0 Å². The quantitative estimate of drug-likeness (QED) is 0.311. The smallest absolute Gasteiger partial charge is 0.274 e. The number of carbonyl (C=O) groups is 2. The van der Waals surface area contributed by atoms with E-state index in [0.717, 1.165) is 15.7 Å². The monoisotopic (exact) mass is 469 g/mol. The first-order valence-electron chi connectivity index (χ1n) is 9.93. The molecule has 3 heterocycles. The molecule has 0 bridgehead atoms. The molecular formula is C22H20BrN3O4. The fraction of sp³-hybridized carbons (Fsp3) is 0.364. The van der Waals surface area contributed by atoms with Crippen molar-refractivity contribution in [2.45, 2.75) is 43.7 Å². The van der Waals surface area contributed by atoms with Crippen LogP contribution in [0.2, 0.25) is 0 Å². The Morgan fingerprint density at radius 2 is 1.47 bits per heavy atom. The first-order chi connectivity index (χ1) is 14.2. The summed E-state index contributed by atoms with van der Waals surface area (Å²) in [5.41, 5.74) is -0.681. The Kier molecular flexibility index (Phi) is 4.09. The summed E-state index contributed by atoms with van der Waals surface area (Å²) in [6.07, 6.45) is -0.687. The van der Waals surface area contributed by atoms with Crippen molar-refractivity contribution >= 4 is 49.3 Å². The van der Waals surface area contributed by atoms with Crippen LogP contribution in [0.3, 0.4) is 0 Å². The molecule has 154 valence electrons. The maximum absolute atomic E-state index is 13.7. The number of fused-ring (bicyclic) bond motifs is 3. The second-order valence-electron chi connectivity index (χ2n) is 8.37. The zero-order valence-electron chi connectivity index (χ0n) is 16.6. The van der Waals surface area contributed by atoms with E-state index in [1.165, 1.54) is 9.36 Å². The summed E-state index contributed by atoms with van der Waals surface area (Å²) in [6.45, 7) is 4.11. The summed E-state index contributed by atoms with van der Waals surface area (Å²) in [7, 11) is 0. The number of aromatic nitrogens is 2. The number of imide groups is 1. The van der Waals surface area contributed by atoms with Crippen molar-refractivity contribution in [1.29, 1.82) is 0 Å². The van der Waals surface area contributed by atoms with E-state index in [1.54, 1.807) is 12.1 Å². The minimum Gasteiger partial charge on any atom is -0.274 e. The zero-order chi connectivity index (χ0) is 21.4. The van der Waals surface area contributed by atoms with E-state index in [2.05, 4.69) is 15.9 Å². The summed E-state index contributed by atoms with van der Waals surface area (Å²) in [5, 5.41) is 2.36. The predicted molar refractivity (Wildman–Crippen MR) is 117 cm³/mol. The fourth-order valence-electron chi connectivity index (χ4n) is 4.64. The van der Waals surface area contributed by atoms with E-state index >= 15 is 0 Å². The molecule has 2 aliphatic rings. The number of nitrogens with zero attached hydrogens (tertiary/aromatic N) is 3. The van der Waals surface area contributed by atoms with Crippen molar-refractivity contribution in [3.63, 3.8) is 0 Å². The van der Waals surface area contributed by atoms with Crippen molar-refractivity contribution < 1.29 is 9.59 Å². The minimum absolute atomic E-state index is 0.112. The van der Waals surface area contributed by atoms with Crippen LogP contribution in [-0.4, -0.2) is 30.4 Å². The molecule has 8 heteroatoms. The highest BCUT2D eigenvalue weighted by Crippen LogP contribution is 2.44. The van der Waals surface area contributed by atoms with Crippen LogP contribution in [0.4, 0.5) is 0 Å². The van der Waals surface area contributed by atoms with Gasteiger partial charge in [0.05, 0.1) is 15.1 Å². The summed E-state index contributed by atoms with van der Waals surface area (Å²) in [6, 6.07) is 11.0. The van der Waals surface area contributed by atoms with E-state index in [9.17, 15) is 19.2 Å². The maximum atomic E-state index is 13.7. The Labute approximate surface area is 180 Å². The Hall–Kier alpha value is -2.74. The molecule has 0 aliphatic carbocycles. The maximum Gasteiger partial charge on any atom is 0.275 e. The van der Waals surface area contributed by atoms with E-state index in [1.807, 2.05) is 38.1 Å². The molecule has 1 fully saturated rings. The lowest BCUT2D eigenvalue weighted by Gasteiger charge is -2.47. The number of carbonyl (C=O) groups excluding carboxylic acids is 2. The van der Waals surface area contributed by atoms with Gasteiger partial charge in [-0.1, -0.05) is 47.1 Å². The second-order valence-corrected chi connectivity index (χ2v) is 10.1. The van der Waals surface area contributed by atoms with Crippen LogP contribution in [0, 0.1) is 5.92 Å². The number of hydrogen-bond acceptors (Lipinski definition) is 4. The molecule has 5 rings (SSSR count). The van der Waals surface area contributed by atoms with Gasteiger partial charge in [0.2, 0.25) is 11.8 Å². The van der Waals surface area contributed by atoms with E-state index in [4.69, 9.17) is 0 Å². The molecule has 0 spiro atoms. The SMILES string of the molecule is CC1Cn2c(=O)c3cc4ccccc4cc3c(=O)n2[C@H](N2C(=O)CCC2=O)[C@@]1(C)Br. The molecule has 0 N–H and O–H groups in total. The van der Waals surface area contributed by atoms with Gasteiger partial charge in [-0.15, -0.1) is 0 Å². The number of rotatable bonds is 1. The molecule has 1 aromatic heterocycles. The van der Waals surface area contributed by atoms with Gasteiger partial charge in [0.15, 0.2) is 0 Å². The van der Waals surface area contributed by atoms with Crippen molar-refractivity contribution in [2.24, 2.45) is 5.92 Å². The van der Waals surface area contributed by atoms with Crippen LogP contribution in [-0.2, 0) is 16.1 Å². The van der Waals surface area contributed by atoms with Crippen molar-refractivity contribution in [3.8, 4) is 0 Å². The first kappa shape index (κ1) is 19.2. The zero-order valence-corrected chi connectivity index (χ0v) is 18.2. The van der Waals surface area contributed by atoms with Gasteiger partial charge in [0.1, 0.15) is 6.17 Å². The van der Waals surface area contributed by atoms with Gasteiger partial charge in [-0.3, -0.25) is 24.1 Å². The molecule has 30 heavy (non-hydrogen) atoms. The van der Waals surface area contributed by atoms with Gasteiger partial charge in [0.25, 0.3) is 11.1 Å². The molecule has 7 nitrogen and oxygen atoms in total. The largest absolute Gasteiger partial charge is 0.275 e. The highest BCUT2D eigenvalue weighted by atomic mass is 79.9. The Bertz CT molecular complexity index is 1350. The van der Waals surface area contributed by atoms with Gasteiger partial charge in [0, 0.05) is 19.4 Å². The third kappa shape index (κ3) is 2.49. The highest BCUT2D eigenvalue weighted by molar-refractivity contribution is 9.10. The minimum atomic E-state index is -0.917.